The monoisotopic (exact) mass is 256 g/mol. The summed E-state index contributed by atoms with van der Waals surface area (Å²) in [6, 6.07) is 5.35. The first kappa shape index (κ1) is 16.2. The van der Waals surface area contributed by atoms with Crippen molar-refractivity contribution in [1.82, 2.24) is 0 Å². The fraction of sp³-hybridized carbons (Fsp3) is 0.250. The third-order valence-corrected chi connectivity index (χ3v) is 2.44. The summed E-state index contributed by atoms with van der Waals surface area (Å²) in [7, 11) is 0. The Balaban J connectivity index is 0. The van der Waals surface area contributed by atoms with E-state index in [1.54, 1.807) is 12.1 Å². The first-order valence-electron chi connectivity index (χ1n) is 3.62. The summed E-state index contributed by atoms with van der Waals surface area (Å²) >= 11 is 1.51. The highest BCUT2D eigenvalue weighted by atomic mass is 35.5. The van der Waals surface area contributed by atoms with Crippen LogP contribution < -0.4 is 11.5 Å². The molecular formula is C8H14Cl2N2OS. The zero-order valence-corrected chi connectivity index (χ0v) is 9.92. The summed E-state index contributed by atoms with van der Waals surface area (Å²) in [5, 5.41) is 8.59. The van der Waals surface area contributed by atoms with Gasteiger partial charge in [-0.05, 0) is 18.2 Å². The Bertz CT molecular complexity index is 274. The second kappa shape index (κ2) is 8.05. The molecule has 82 valence electrons. The van der Waals surface area contributed by atoms with Gasteiger partial charge in [0.2, 0.25) is 0 Å². The average molecular weight is 257 g/mol. The van der Waals surface area contributed by atoms with E-state index < -0.39 is 0 Å². The topological polar surface area (TPSA) is 72.3 Å². The predicted octanol–water partition coefficient (Wildman–Crippen LogP) is 1.78. The second-order valence-electron chi connectivity index (χ2n) is 2.37. The molecule has 6 heteroatoms. The molecule has 0 aromatic heterocycles. The van der Waals surface area contributed by atoms with E-state index >= 15 is 0 Å². The highest BCUT2D eigenvalue weighted by Crippen LogP contribution is 2.26. The number of halogens is 2. The fourth-order valence-corrected chi connectivity index (χ4v) is 1.60. The molecule has 0 spiro atoms. The van der Waals surface area contributed by atoms with Crippen molar-refractivity contribution in [2.75, 3.05) is 23.8 Å². The summed E-state index contributed by atoms with van der Waals surface area (Å²) in [6.07, 6.45) is 0. The maximum Gasteiger partial charge on any atom is 0.0525 e. The van der Waals surface area contributed by atoms with Crippen LogP contribution in [0.1, 0.15) is 0 Å². The van der Waals surface area contributed by atoms with Crippen LogP contribution in [0.3, 0.4) is 0 Å². The number of anilines is 2. The molecule has 5 N–H and O–H groups in total. The van der Waals surface area contributed by atoms with Crippen molar-refractivity contribution in [3.8, 4) is 0 Å². The van der Waals surface area contributed by atoms with E-state index in [-0.39, 0.29) is 31.4 Å². The third-order valence-electron chi connectivity index (χ3n) is 1.39. The molecule has 0 heterocycles. The first-order chi connectivity index (χ1) is 5.74. The second-order valence-corrected chi connectivity index (χ2v) is 3.51. The van der Waals surface area contributed by atoms with Gasteiger partial charge in [0.1, 0.15) is 0 Å². The van der Waals surface area contributed by atoms with E-state index in [0.29, 0.717) is 17.1 Å². The zero-order valence-electron chi connectivity index (χ0n) is 7.47. The van der Waals surface area contributed by atoms with Gasteiger partial charge >= 0.3 is 0 Å². The van der Waals surface area contributed by atoms with Gasteiger partial charge in [-0.15, -0.1) is 36.6 Å². The Morgan fingerprint density at radius 3 is 2.43 bits per heavy atom. The predicted molar refractivity (Wildman–Crippen MR) is 67.6 cm³/mol. The number of rotatable bonds is 3. The summed E-state index contributed by atoms with van der Waals surface area (Å²) in [5.41, 5.74) is 12.6. The highest BCUT2D eigenvalue weighted by Gasteiger charge is 1.99. The molecule has 0 amide bonds. The quantitative estimate of drug-likeness (QED) is 0.570. The number of nitrogens with two attached hydrogens (primary N) is 2. The van der Waals surface area contributed by atoms with Gasteiger partial charge in [-0.1, -0.05) is 0 Å². The molecule has 0 atom stereocenters. The standard InChI is InChI=1S/C8H12N2OS.2ClH/c9-6-1-2-7(10)8(5-6)12-4-3-11;;/h1-2,5,11H,3-4,9-10H2;2*1H. The lowest BCUT2D eigenvalue weighted by Gasteiger charge is -2.04. The van der Waals surface area contributed by atoms with Crippen LogP contribution >= 0.6 is 36.6 Å². The molecule has 0 fully saturated rings. The maximum atomic E-state index is 8.59. The number of aliphatic hydroxyl groups excluding tert-OH is 1. The molecule has 0 saturated carbocycles. The van der Waals surface area contributed by atoms with Crippen LogP contribution in [0.2, 0.25) is 0 Å². The summed E-state index contributed by atoms with van der Waals surface area (Å²) in [6.45, 7) is 0.152. The highest BCUT2D eigenvalue weighted by molar-refractivity contribution is 7.99. The smallest absolute Gasteiger partial charge is 0.0525 e. The molecule has 0 bridgehead atoms. The number of nitrogen functional groups attached to an aromatic ring is 2. The molecule has 0 saturated heterocycles. The molecule has 0 aliphatic heterocycles. The minimum atomic E-state index is 0. The Labute approximate surface area is 100 Å². The van der Waals surface area contributed by atoms with Crippen molar-refractivity contribution >= 4 is 48.0 Å². The zero-order chi connectivity index (χ0) is 8.97. The van der Waals surface area contributed by atoms with Gasteiger partial charge in [-0.25, -0.2) is 0 Å². The minimum absolute atomic E-state index is 0. The fourth-order valence-electron chi connectivity index (χ4n) is 0.832. The molecule has 0 unspecified atom stereocenters. The Kier molecular flexibility index (Phi) is 9.29. The van der Waals surface area contributed by atoms with Gasteiger partial charge in [0.05, 0.1) is 6.61 Å². The molecule has 3 nitrogen and oxygen atoms in total. The van der Waals surface area contributed by atoms with Crippen LogP contribution in [0.15, 0.2) is 23.1 Å². The van der Waals surface area contributed by atoms with Crippen molar-refractivity contribution in [2.45, 2.75) is 4.90 Å². The molecule has 1 aromatic rings. The van der Waals surface area contributed by atoms with E-state index in [4.69, 9.17) is 16.6 Å². The lowest BCUT2D eigenvalue weighted by Crippen LogP contribution is -1.93. The van der Waals surface area contributed by atoms with Crippen LogP contribution in [0.5, 0.6) is 0 Å². The van der Waals surface area contributed by atoms with Gasteiger partial charge in [-0.3, -0.25) is 0 Å². The maximum absolute atomic E-state index is 8.59. The average Bonchev–Trinajstić information content (AvgIpc) is 2.07. The molecule has 0 radical (unpaired) electrons. The largest absolute Gasteiger partial charge is 0.399 e. The number of aliphatic hydroxyl groups is 1. The first-order valence-corrected chi connectivity index (χ1v) is 4.61. The number of thioether (sulfide) groups is 1. The Morgan fingerprint density at radius 1 is 1.21 bits per heavy atom. The Hall–Kier alpha value is -0.290. The summed E-state index contributed by atoms with van der Waals surface area (Å²) in [5.74, 6) is 0.646. The van der Waals surface area contributed by atoms with Crippen molar-refractivity contribution in [2.24, 2.45) is 0 Å². The number of benzene rings is 1. The van der Waals surface area contributed by atoms with Crippen LogP contribution in [0.25, 0.3) is 0 Å². The molecule has 1 rings (SSSR count). The summed E-state index contributed by atoms with van der Waals surface area (Å²) < 4.78 is 0. The van der Waals surface area contributed by atoms with E-state index in [0.717, 1.165) is 4.90 Å². The molecule has 0 aliphatic carbocycles. The number of hydrogen-bond donors (Lipinski definition) is 3. The van der Waals surface area contributed by atoms with E-state index in [2.05, 4.69) is 0 Å². The Morgan fingerprint density at radius 2 is 1.86 bits per heavy atom. The third kappa shape index (κ3) is 4.81. The molecule has 1 aromatic carbocycles. The lowest BCUT2D eigenvalue weighted by molar-refractivity contribution is 0.322. The lowest BCUT2D eigenvalue weighted by atomic mass is 10.3. The molecular weight excluding hydrogens is 243 g/mol. The van der Waals surface area contributed by atoms with E-state index in [9.17, 15) is 0 Å². The number of hydrogen-bond acceptors (Lipinski definition) is 4. The SMILES string of the molecule is Cl.Cl.Nc1ccc(N)c(SCCO)c1. The van der Waals surface area contributed by atoms with Crippen molar-refractivity contribution in [1.29, 1.82) is 0 Å². The van der Waals surface area contributed by atoms with Crippen LogP contribution in [-0.2, 0) is 0 Å². The van der Waals surface area contributed by atoms with Gasteiger partial charge in [-0.2, -0.15) is 0 Å². The van der Waals surface area contributed by atoms with Gasteiger partial charge in [0, 0.05) is 22.0 Å². The summed E-state index contributed by atoms with van der Waals surface area (Å²) in [4.78, 5) is 0.934. The minimum Gasteiger partial charge on any atom is -0.399 e. The van der Waals surface area contributed by atoms with Gasteiger partial charge in [0.15, 0.2) is 0 Å². The van der Waals surface area contributed by atoms with Crippen molar-refractivity contribution in [3.63, 3.8) is 0 Å². The van der Waals surface area contributed by atoms with Crippen molar-refractivity contribution in [3.05, 3.63) is 18.2 Å². The van der Waals surface area contributed by atoms with E-state index in [1.807, 2.05) is 6.07 Å². The van der Waals surface area contributed by atoms with Crippen LogP contribution in [-0.4, -0.2) is 17.5 Å². The van der Waals surface area contributed by atoms with Crippen LogP contribution in [0, 0.1) is 0 Å². The van der Waals surface area contributed by atoms with Gasteiger partial charge in [0.25, 0.3) is 0 Å². The molecule has 14 heavy (non-hydrogen) atoms. The molecule has 0 aliphatic rings. The van der Waals surface area contributed by atoms with Crippen molar-refractivity contribution < 1.29 is 5.11 Å². The normalized spacial score (nSPS) is 8.64. The van der Waals surface area contributed by atoms with Gasteiger partial charge < -0.3 is 16.6 Å². The van der Waals surface area contributed by atoms with Crippen LogP contribution in [0.4, 0.5) is 11.4 Å². The van der Waals surface area contributed by atoms with E-state index in [1.165, 1.54) is 11.8 Å².